The normalized spacial score (nSPS) is 12.2. The maximum Gasteiger partial charge on any atom is 0.254 e. The number of amides is 1. The van der Waals surface area contributed by atoms with Crippen molar-refractivity contribution in [2.75, 3.05) is 19.0 Å². The van der Waals surface area contributed by atoms with E-state index in [1.165, 1.54) is 7.11 Å². The predicted octanol–water partition coefficient (Wildman–Crippen LogP) is 1.16. The monoisotopic (exact) mass is 222 g/mol. The molecule has 1 unspecified atom stereocenters. The fourth-order valence-electron chi connectivity index (χ4n) is 1.47. The first-order valence-electron chi connectivity index (χ1n) is 5.34. The summed E-state index contributed by atoms with van der Waals surface area (Å²) in [5, 5.41) is 2.82. The number of carbonyl (C=O) groups is 1. The van der Waals surface area contributed by atoms with Gasteiger partial charge in [-0.1, -0.05) is 25.1 Å². The third-order valence-corrected chi connectivity index (χ3v) is 2.45. The molecule has 0 radical (unpaired) electrons. The zero-order valence-electron chi connectivity index (χ0n) is 9.69. The van der Waals surface area contributed by atoms with Gasteiger partial charge in [-0.3, -0.25) is 4.79 Å². The minimum absolute atomic E-state index is 0.177. The molecule has 4 heteroatoms. The summed E-state index contributed by atoms with van der Waals surface area (Å²) in [5.41, 5.74) is 7.35. The van der Waals surface area contributed by atoms with Gasteiger partial charge in [0.1, 0.15) is 6.10 Å². The number of hydrogen-bond donors (Lipinski definition) is 2. The summed E-state index contributed by atoms with van der Waals surface area (Å²) in [7, 11) is 1.48. The zero-order valence-corrected chi connectivity index (χ0v) is 9.69. The third kappa shape index (κ3) is 3.05. The Hall–Kier alpha value is -1.39. The van der Waals surface area contributed by atoms with Crippen LogP contribution in [0.25, 0.3) is 0 Å². The van der Waals surface area contributed by atoms with Crippen LogP contribution >= 0.6 is 0 Å². The molecule has 4 nitrogen and oxygen atoms in total. The van der Waals surface area contributed by atoms with Gasteiger partial charge >= 0.3 is 0 Å². The first-order valence-corrected chi connectivity index (χ1v) is 5.34. The number of hydrogen-bond acceptors (Lipinski definition) is 3. The fraction of sp³-hybridized carbons (Fsp3) is 0.417. The molecule has 0 aromatic heterocycles. The van der Waals surface area contributed by atoms with Crippen molar-refractivity contribution in [2.24, 2.45) is 5.73 Å². The highest BCUT2D eigenvalue weighted by molar-refractivity contribution is 5.95. The molecular formula is C12H18N2O2. The first-order chi connectivity index (χ1) is 7.72. The van der Waals surface area contributed by atoms with E-state index < -0.39 is 6.10 Å². The van der Waals surface area contributed by atoms with Crippen LogP contribution < -0.4 is 11.1 Å². The van der Waals surface area contributed by atoms with Crippen LogP contribution in [0.15, 0.2) is 24.3 Å². The van der Waals surface area contributed by atoms with Gasteiger partial charge in [-0.05, 0) is 18.1 Å². The number of rotatable bonds is 5. The van der Waals surface area contributed by atoms with Gasteiger partial charge in [0.2, 0.25) is 0 Å². The van der Waals surface area contributed by atoms with Crippen molar-refractivity contribution in [3.63, 3.8) is 0 Å². The topological polar surface area (TPSA) is 64.4 Å². The molecule has 0 fully saturated rings. The average Bonchev–Trinajstić information content (AvgIpc) is 2.31. The number of methoxy groups -OCH3 is 1. The lowest BCUT2D eigenvalue weighted by Gasteiger charge is -2.14. The molecule has 16 heavy (non-hydrogen) atoms. The van der Waals surface area contributed by atoms with Crippen LogP contribution in [0.1, 0.15) is 12.5 Å². The van der Waals surface area contributed by atoms with Crippen molar-refractivity contribution >= 4 is 11.6 Å². The summed E-state index contributed by atoms with van der Waals surface area (Å²) in [6.07, 6.45) is 0.279. The molecule has 0 aliphatic carbocycles. The quantitative estimate of drug-likeness (QED) is 0.785. The van der Waals surface area contributed by atoms with E-state index in [9.17, 15) is 4.79 Å². The van der Waals surface area contributed by atoms with Crippen LogP contribution in [0, 0.1) is 0 Å². The minimum atomic E-state index is -0.593. The summed E-state index contributed by atoms with van der Waals surface area (Å²) in [6, 6.07) is 7.70. The van der Waals surface area contributed by atoms with Crippen LogP contribution in [0.5, 0.6) is 0 Å². The van der Waals surface area contributed by atoms with E-state index >= 15 is 0 Å². The van der Waals surface area contributed by atoms with Crippen molar-refractivity contribution in [3.05, 3.63) is 29.8 Å². The smallest absolute Gasteiger partial charge is 0.254 e. The highest BCUT2D eigenvalue weighted by Crippen LogP contribution is 2.15. The van der Waals surface area contributed by atoms with Crippen molar-refractivity contribution in [1.82, 2.24) is 0 Å². The van der Waals surface area contributed by atoms with Gasteiger partial charge in [-0.2, -0.15) is 0 Å². The van der Waals surface area contributed by atoms with Crippen molar-refractivity contribution in [2.45, 2.75) is 19.4 Å². The van der Waals surface area contributed by atoms with Crippen molar-refractivity contribution < 1.29 is 9.53 Å². The van der Waals surface area contributed by atoms with E-state index in [0.29, 0.717) is 0 Å². The molecule has 0 spiro atoms. The second-order valence-electron chi connectivity index (χ2n) is 3.46. The molecular weight excluding hydrogens is 204 g/mol. The Bertz CT molecular complexity index is 349. The van der Waals surface area contributed by atoms with Gasteiger partial charge in [0, 0.05) is 19.3 Å². The van der Waals surface area contributed by atoms with Gasteiger partial charge in [0.25, 0.3) is 5.91 Å². The Balaban J connectivity index is 2.76. The molecule has 0 bridgehead atoms. The lowest BCUT2D eigenvalue weighted by Crippen LogP contribution is -2.36. The number of aryl methyl sites for hydroxylation is 1. The SMILES string of the molecule is CCc1ccccc1NC(=O)C(CN)OC. The molecule has 0 saturated heterocycles. The average molecular weight is 222 g/mol. The Labute approximate surface area is 95.8 Å². The van der Waals surface area contributed by atoms with E-state index in [2.05, 4.69) is 5.32 Å². The molecule has 88 valence electrons. The maximum absolute atomic E-state index is 11.7. The van der Waals surface area contributed by atoms with Crippen LogP contribution in [-0.2, 0) is 16.0 Å². The number of carbonyl (C=O) groups excluding carboxylic acids is 1. The summed E-state index contributed by atoms with van der Waals surface area (Å²) in [4.78, 5) is 11.7. The molecule has 0 saturated carbocycles. The van der Waals surface area contributed by atoms with Crippen molar-refractivity contribution in [3.8, 4) is 0 Å². The number of anilines is 1. The van der Waals surface area contributed by atoms with E-state index in [1.807, 2.05) is 31.2 Å². The summed E-state index contributed by atoms with van der Waals surface area (Å²) < 4.78 is 4.97. The number of nitrogens with one attached hydrogen (secondary N) is 1. The molecule has 3 N–H and O–H groups in total. The van der Waals surface area contributed by atoms with Crippen LogP contribution in [0.2, 0.25) is 0 Å². The molecule has 1 atom stereocenters. The van der Waals surface area contributed by atoms with Gasteiger partial charge < -0.3 is 15.8 Å². The van der Waals surface area contributed by atoms with Gasteiger partial charge in [-0.15, -0.1) is 0 Å². The van der Waals surface area contributed by atoms with E-state index in [-0.39, 0.29) is 12.5 Å². The number of para-hydroxylation sites is 1. The van der Waals surface area contributed by atoms with Crippen LogP contribution in [0.3, 0.4) is 0 Å². The Morgan fingerprint density at radius 3 is 2.75 bits per heavy atom. The predicted molar refractivity (Wildman–Crippen MR) is 64.3 cm³/mol. The van der Waals surface area contributed by atoms with Gasteiger partial charge in [-0.25, -0.2) is 0 Å². The zero-order chi connectivity index (χ0) is 12.0. The number of benzene rings is 1. The minimum Gasteiger partial charge on any atom is -0.370 e. The molecule has 0 aliphatic heterocycles. The largest absolute Gasteiger partial charge is 0.370 e. The van der Waals surface area contributed by atoms with E-state index in [1.54, 1.807) is 0 Å². The molecule has 0 heterocycles. The summed E-state index contributed by atoms with van der Waals surface area (Å²) >= 11 is 0. The van der Waals surface area contributed by atoms with Crippen LogP contribution in [0.4, 0.5) is 5.69 Å². The Morgan fingerprint density at radius 2 is 2.19 bits per heavy atom. The lowest BCUT2D eigenvalue weighted by atomic mass is 10.1. The first kappa shape index (κ1) is 12.7. The molecule has 0 aliphatic rings. The highest BCUT2D eigenvalue weighted by atomic mass is 16.5. The molecule has 1 rings (SSSR count). The van der Waals surface area contributed by atoms with Crippen LogP contribution in [-0.4, -0.2) is 25.7 Å². The van der Waals surface area contributed by atoms with E-state index in [0.717, 1.165) is 17.7 Å². The van der Waals surface area contributed by atoms with E-state index in [4.69, 9.17) is 10.5 Å². The Morgan fingerprint density at radius 1 is 1.50 bits per heavy atom. The Kier molecular flexibility index (Phi) is 4.95. The highest BCUT2D eigenvalue weighted by Gasteiger charge is 2.16. The second kappa shape index (κ2) is 6.25. The fourth-order valence-corrected chi connectivity index (χ4v) is 1.47. The van der Waals surface area contributed by atoms with Crippen molar-refractivity contribution in [1.29, 1.82) is 0 Å². The van der Waals surface area contributed by atoms with Gasteiger partial charge in [0.15, 0.2) is 0 Å². The lowest BCUT2D eigenvalue weighted by molar-refractivity contribution is -0.125. The summed E-state index contributed by atoms with van der Waals surface area (Å²) in [6.45, 7) is 2.22. The standard InChI is InChI=1S/C12H18N2O2/c1-3-9-6-4-5-7-10(9)14-12(15)11(8-13)16-2/h4-7,11H,3,8,13H2,1-2H3,(H,14,15). The second-order valence-corrected chi connectivity index (χ2v) is 3.46. The number of ether oxygens (including phenoxy) is 1. The molecule has 1 amide bonds. The summed E-state index contributed by atoms with van der Waals surface area (Å²) in [5.74, 6) is -0.203. The molecule has 1 aromatic carbocycles. The maximum atomic E-state index is 11.7. The third-order valence-electron chi connectivity index (χ3n) is 2.45. The molecule has 1 aromatic rings. The van der Waals surface area contributed by atoms with Gasteiger partial charge in [0.05, 0.1) is 0 Å². The number of nitrogens with two attached hydrogens (primary N) is 1.